The van der Waals surface area contributed by atoms with Crippen LogP contribution in [0.15, 0.2) is 84.0 Å². The van der Waals surface area contributed by atoms with E-state index in [1.165, 1.54) is 14.2 Å². The summed E-state index contributed by atoms with van der Waals surface area (Å²) >= 11 is 0. The molecule has 2 bridgehead atoms. The molecule has 1 saturated carbocycles. The summed E-state index contributed by atoms with van der Waals surface area (Å²) in [6, 6.07) is 15.5. The number of amides is 2. The Morgan fingerprint density at radius 1 is 0.763 bits per heavy atom. The maximum Gasteiger partial charge on any atom is 0.332 e. The number of esters is 2. The van der Waals surface area contributed by atoms with E-state index in [0.29, 0.717) is 11.1 Å². The van der Waals surface area contributed by atoms with Crippen molar-refractivity contribution in [1.29, 1.82) is 0 Å². The summed E-state index contributed by atoms with van der Waals surface area (Å²) < 4.78 is 10.2. The van der Waals surface area contributed by atoms with E-state index in [1.807, 2.05) is 18.2 Å². The molecule has 0 heterocycles. The highest BCUT2D eigenvalue weighted by molar-refractivity contribution is 5.98. The van der Waals surface area contributed by atoms with Gasteiger partial charge in [-0.2, -0.15) is 0 Å². The number of rotatable bonds is 8. The number of methoxy groups -OCH3 is 2. The summed E-state index contributed by atoms with van der Waals surface area (Å²) in [5.41, 5.74) is 2.47. The summed E-state index contributed by atoms with van der Waals surface area (Å²) in [6.45, 7) is 0. The van der Waals surface area contributed by atoms with Crippen molar-refractivity contribution in [2.24, 2.45) is 23.7 Å². The fourth-order valence-corrected chi connectivity index (χ4v) is 6.32. The van der Waals surface area contributed by atoms with Gasteiger partial charge in [0.1, 0.15) is 12.1 Å². The van der Waals surface area contributed by atoms with Crippen LogP contribution in [0.4, 0.5) is 0 Å². The van der Waals surface area contributed by atoms with Gasteiger partial charge in [-0.15, -0.1) is 0 Å². The van der Waals surface area contributed by atoms with E-state index in [9.17, 15) is 19.2 Å². The minimum Gasteiger partial charge on any atom is -0.467 e. The van der Waals surface area contributed by atoms with Gasteiger partial charge in [-0.3, -0.25) is 9.59 Å². The molecule has 2 amide bonds. The molecule has 5 rings (SSSR count). The van der Waals surface area contributed by atoms with Gasteiger partial charge in [0.2, 0.25) is 0 Å². The topological polar surface area (TPSA) is 111 Å². The van der Waals surface area contributed by atoms with Crippen molar-refractivity contribution in [3.63, 3.8) is 0 Å². The molecular weight excluding hydrogens is 484 g/mol. The second-order valence-electron chi connectivity index (χ2n) is 9.89. The maximum atomic E-state index is 13.0. The Morgan fingerprint density at radius 2 is 1.26 bits per heavy atom. The summed E-state index contributed by atoms with van der Waals surface area (Å²) in [7, 11) is 2.60. The number of nitrogens with one attached hydrogen (secondary N) is 2. The van der Waals surface area contributed by atoms with Crippen LogP contribution in [0.3, 0.4) is 0 Å². The Morgan fingerprint density at radius 3 is 1.76 bits per heavy atom. The lowest BCUT2D eigenvalue weighted by atomic mass is 9.75. The van der Waals surface area contributed by atoms with Gasteiger partial charge in [0.05, 0.1) is 14.2 Å². The van der Waals surface area contributed by atoms with Crippen LogP contribution in [0, 0.1) is 23.7 Å². The van der Waals surface area contributed by atoms with Crippen LogP contribution in [-0.2, 0) is 19.1 Å². The molecule has 2 N–H and O–H groups in total. The van der Waals surface area contributed by atoms with E-state index in [1.54, 1.807) is 48.5 Å². The number of allylic oxidation sites excluding steroid dienone is 2. The molecule has 3 aliphatic rings. The molecule has 1 fully saturated rings. The predicted octanol–water partition coefficient (Wildman–Crippen LogP) is 3.07. The largest absolute Gasteiger partial charge is 0.467 e. The first-order valence-electron chi connectivity index (χ1n) is 12.7. The van der Waals surface area contributed by atoms with Crippen molar-refractivity contribution in [3.8, 4) is 0 Å². The van der Waals surface area contributed by atoms with Crippen LogP contribution >= 0.6 is 0 Å². The standard InChI is InChI=1S/C30H30N2O6/c1-37-29(35)25(31-27(33)17-9-5-3-6-10-17)21-14-13-20-19-15-22(24(20)21)23(16-19)26(30(36)38-2)32-28(34)18-11-7-4-8-12-18/h3-12,14,16,19-20,22,24-26H,13,15H2,1-2H3,(H,31,33)(H,32,34). The van der Waals surface area contributed by atoms with Crippen molar-refractivity contribution < 1.29 is 28.7 Å². The van der Waals surface area contributed by atoms with E-state index in [-0.39, 0.29) is 35.5 Å². The minimum atomic E-state index is -0.946. The molecule has 0 saturated heterocycles. The first-order valence-corrected chi connectivity index (χ1v) is 12.7. The zero-order chi connectivity index (χ0) is 26.8. The first kappa shape index (κ1) is 25.4. The van der Waals surface area contributed by atoms with Crippen LogP contribution in [0.25, 0.3) is 0 Å². The zero-order valence-corrected chi connectivity index (χ0v) is 21.3. The lowest BCUT2D eigenvalue weighted by molar-refractivity contribution is -0.143. The molecule has 0 aromatic heterocycles. The van der Waals surface area contributed by atoms with Crippen molar-refractivity contribution in [2.75, 3.05) is 14.2 Å². The second kappa shape index (κ2) is 10.7. The average molecular weight is 515 g/mol. The van der Waals surface area contributed by atoms with Gasteiger partial charge in [0.15, 0.2) is 0 Å². The van der Waals surface area contributed by atoms with Gasteiger partial charge in [0.25, 0.3) is 11.8 Å². The Bertz CT molecular complexity index is 1300. The predicted molar refractivity (Wildman–Crippen MR) is 139 cm³/mol. The maximum absolute atomic E-state index is 13.0. The average Bonchev–Trinajstić information content (AvgIpc) is 3.68. The molecule has 2 aromatic carbocycles. The SMILES string of the molecule is COC(=O)C(NC(=O)c1ccccc1)C1=CC2CC1C1C(C(NC(=O)c3ccccc3)C(=O)OC)=CCC21. The fourth-order valence-electron chi connectivity index (χ4n) is 6.32. The van der Waals surface area contributed by atoms with Gasteiger partial charge in [-0.1, -0.05) is 48.6 Å². The van der Waals surface area contributed by atoms with Crippen LogP contribution in [0.2, 0.25) is 0 Å². The smallest absolute Gasteiger partial charge is 0.332 e. The lowest BCUT2D eigenvalue weighted by Gasteiger charge is -2.33. The molecular formula is C30H30N2O6. The number of carbonyl (C=O) groups is 4. The molecule has 8 heteroatoms. The Balaban J connectivity index is 1.40. The Hall–Kier alpha value is -4.20. The highest BCUT2D eigenvalue weighted by atomic mass is 16.5. The van der Waals surface area contributed by atoms with Gasteiger partial charge in [0, 0.05) is 11.1 Å². The van der Waals surface area contributed by atoms with E-state index in [2.05, 4.69) is 16.7 Å². The Labute approximate surface area is 221 Å². The summed E-state index contributed by atoms with van der Waals surface area (Å²) in [5, 5.41) is 5.73. The van der Waals surface area contributed by atoms with E-state index in [0.717, 1.165) is 24.0 Å². The summed E-state index contributed by atoms with van der Waals surface area (Å²) in [4.78, 5) is 51.7. The molecule has 6 atom stereocenters. The third kappa shape index (κ3) is 4.62. The first-order chi connectivity index (χ1) is 18.4. The number of benzene rings is 2. The minimum absolute atomic E-state index is 0.0686. The van der Waals surface area contributed by atoms with Crippen molar-refractivity contribution in [1.82, 2.24) is 10.6 Å². The molecule has 38 heavy (non-hydrogen) atoms. The normalized spacial score (nSPS) is 24.4. The molecule has 0 spiro atoms. The highest BCUT2D eigenvalue weighted by Gasteiger charge is 2.55. The Kier molecular flexibility index (Phi) is 7.13. The zero-order valence-electron chi connectivity index (χ0n) is 21.3. The van der Waals surface area contributed by atoms with E-state index in [4.69, 9.17) is 9.47 Å². The van der Waals surface area contributed by atoms with Crippen molar-refractivity contribution in [3.05, 3.63) is 95.1 Å². The van der Waals surface area contributed by atoms with Crippen molar-refractivity contribution in [2.45, 2.75) is 24.9 Å². The number of carbonyl (C=O) groups excluding carboxylic acids is 4. The van der Waals surface area contributed by atoms with Crippen LogP contribution in [0.5, 0.6) is 0 Å². The van der Waals surface area contributed by atoms with Crippen LogP contribution < -0.4 is 10.6 Å². The molecule has 3 aliphatic carbocycles. The van der Waals surface area contributed by atoms with Crippen LogP contribution in [-0.4, -0.2) is 50.1 Å². The number of hydrogen-bond acceptors (Lipinski definition) is 6. The molecule has 6 unspecified atom stereocenters. The van der Waals surface area contributed by atoms with E-state index >= 15 is 0 Å². The molecule has 0 radical (unpaired) electrons. The molecule has 8 nitrogen and oxygen atoms in total. The second-order valence-corrected chi connectivity index (χ2v) is 9.89. The number of hydrogen-bond donors (Lipinski definition) is 2. The van der Waals surface area contributed by atoms with Crippen LogP contribution in [0.1, 0.15) is 33.6 Å². The van der Waals surface area contributed by atoms with Crippen molar-refractivity contribution >= 4 is 23.8 Å². The molecule has 196 valence electrons. The van der Waals surface area contributed by atoms with E-state index < -0.39 is 24.0 Å². The number of fused-ring (bicyclic) bond motifs is 5. The molecule has 0 aliphatic heterocycles. The third-order valence-electron chi connectivity index (χ3n) is 7.98. The fraction of sp³-hybridized carbons (Fsp3) is 0.333. The summed E-state index contributed by atoms with van der Waals surface area (Å²) in [6.07, 6.45) is 5.68. The summed E-state index contributed by atoms with van der Waals surface area (Å²) in [5.74, 6) is -1.54. The number of ether oxygens (including phenoxy) is 2. The monoisotopic (exact) mass is 514 g/mol. The molecule has 2 aromatic rings. The quantitative estimate of drug-likeness (QED) is 0.414. The van der Waals surface area contributed by atoms with Gasteiger partial charge in [-0.25, -0.2) is 9.59 Å². The lowest BCUT2D eigenvalue weighted by Crippen LogP contribution is -2.47. The van der Waals surface area contributed by atoms with Gasteiger partial charge < -0.3 is 20.1 Å². The van der Waals surface area contributed by atoms with Gasteiger partial charge >= 0.3 is 11.9 Å². The van der Waals surface area contributed by atoms with Gasteiger partial charge in [-0.05, 0) is 71.9 Å². The highest BCUT2D eigenvalue weighted by Crippen LogP contribution is 2.59. The third-order valence-corrected chi connectivity index (χ3v) is 7.98.